The number of thiophene rings is 1. The maximum absolute atomic E-state index is 12.2. The number of nitrogens with zero attached hydrogens (tertiary/aromatic N) is 2. The summed E-state index contributed by atoms with van der Waals surface area (Å²) < 4.78 is 7.16. The van der Waals surface area contributed by atoms with Crippen LogP contribution in [0.15, 0.2) is 72.4 Å². The molecule has 3 heterocycles. The zero-order valence-corrected chi connectivity index (χ0v) is 13.6. The third-order valence-electron chi connectivity index (χ3n) is 3.69. The number of aromatic nitrogens is 2. The van der Waals surface area contributed by atoms with Gasteiger partial charge in [0.25, 0.3) is 0 Å². The summed E-state index contributed by atoms with van der Waals surface area (Å²) in [4.78, 5) is 17.5. The summed E-state index contributed by atoms with van der Waals surface area (Å²) in [6.45, 7) is 0.277. The lowest BCUT2D eigenvalue weighted by molar-refractivity contribution is 0.0470. The van der Waals surface area contributed by atoms with Gasteiger partial charge in [0.1, 0.15) is 12.3 Å². The normalized spacial score (nSPS) is 10.8. The Balaban J connectivity index is 1.57. The van der Waals surface area contributed by atoms with Gasteiger partial charge >= 0.3 is 5.97 Å². The number of fused-ring (bicyclic) bond motifs is 1. The Morgan fingerprint density at radius 1 is 1.00 bits per heavy atom. The smallest absolute Gasteiger partial charge is 0.358 e. The highest BCUT2D eigenvalue weighted by atomic mass is 32.1. The van der Waals surface area contributed by atoms with Crippen molar-refractivity contribution in [3.63, 3.8) is 0 Å². The van der Waals surface area contributed by atoms with Gasteiger partial charge in [0.15, 0.2) is 5.69 Å². The van der Waals surface area contributed by atoms with Crippen molar-refractivity contribution >= 4 is 23.0 Å². The van der Waals surface area contributed by atoms with E-state index in [1.807, 2.05) is 70.6 Å². The minimum Gasteiger partial charge on any atom is -0.455 e. The van der Waals surface area contributed by atoms with Crippen LogP contribution in [0.1, 0.15) is 15.4 Å². The average Bonchev–Trinajstić information content (AvgIpc) is 3.29. The summed E-state index contributed by atoms with van der Waals surface area (Å²) in [6.07, 6.45) is 3.67. The number of rotatable bonds is 4. The molecule has 1 aromatic carbocycles. The molecule has 118 valence electrons. The number of hydrogen-bond donors (Lipinski definition) is 0. The molecule has 4 aromatic rings. The van der Waals surface area contributed by atoms with Crippen LogP contribution >= 0.6 is 11.3 Å². The van der Waals surface area contributed by atoms with E-state index in [0.717, 1.165) is 21.7 Å². The second-order valence-electron chi connectivity index (χ2n) is 5.33. The molecular formula is C19H14N2O2S. The number of hydrogen-bond acceptors (Lipinski definition) is 4. The van der Waals surface area contributed by atoms with E-state index in [9.17, 15) is 4.79 Å². The second kappa shape index (κ2) is 6.29. The van der Waals surface area contributed by atoms with E-state index in [1.54, 1.807) is 17.5 Å². The predicted molar refractivity (Wildman–Crippen MR) is 94.1 cm³/mol. The van der Waals surface area contributed by atoms with E-state index >= 15 is 0 Å². The van der Waals surface area contributed by atoms with E-state index < -0.39 is 5.97 Å². The van der Waals surface area contributed by atoms with Crippen LogP contribution in [0, 0.1) is 0 Å². The molecule has 0 unspecified atom stereocenters. The van der Waals surface area contributed by atoms with Crippen molar-refractivity contribution in [1.29, 1.82) is 0 Å². The molecular weight excluding hydrogens is 320 g/mol. The number of esters is 1. The Kier molecular flexibility index (Phi) is 3.84. The van der Waals surface area contributed by atoms with Gasteiger partial charge in [-0.15, -0.1) is 11.3 Å². The van der Waals surface area contributed by atoms with Crippen molar-refractivity contribution in [3.8, 4) is 11.1 Å². The van der Waals surface area contributed by atoms with Crippen molar-refractivity contribution in [2.45, 2.75) is 6.61 Å². The van der Waals surface area contributed by atoms with Gasteiger partial charge in [0, 0.05) is 17.3 Å². The lowest BCUT2D eigenvalue weighted by Gasteiger charge is -2.01. The lowest BCUT2D eigenvalue weighted by atomic mass is 10.1. The molecule has 4 rings (SSSR count). The number of carbonyl (C=O) groups is 1. The van der Waals surface area contributed by atoms with Crippen molar-refractivity contribution in [3.05, 3.63) is 82.9 Å². The average molecular weight is 334 g/mol. The number of imidazole rings is 1. The van der Waals surface area contributed by atoms with Crippen molar-refractivity contribution < 1.29 is 9.53 Å². The zero-order chi connectivity index (χ0) is 16.4. The van der Waals surface area contributed by atoms with Crippen LogP contribution in [0.5, 0.6) is 0 Å². The highest BCUT2D eigenvalue weighted by Crippen LogP contribution is 2.20. The summed E-state index contributed by atoms with van der Waals surface area (Å²) in [5.41, 5.74) is 3.23. The van der Waals surface area contributed by atoms with Gasteiger partial charge in [0.2, 0.25) is 0 Å². The van der Waals surface area contributed by atoms with E-state index in [2.05, 4.69) is 4.98 Å². The topological polar surface area (TPSA) is 43.6 Å². The molecule has 0 N–H and O–H groups in total. The number of pyridine rings is 1. The second-order valence-corrected chi connectivity index (χ2v) is 6.36. The first-order chi connectivity index (χ1) is 11.8. The van der Waals surface area contributed by atoms with Crippen LogP contribution < -0.4 is 0 Å². The summed E-state index contributed by atoms with van der Waals surface area (Å²) >= 11 is 1.56. The van der Waals surface area contributed by atoms with Gasteiger partial charge in [-0.3, -0.25) is 0 Å². The Morgan fingerprint density at radius 3 is 2.67 bits per heavy atom. The van der Waals surface area contributed by atoms with Gasteiger partial charge < -0.3 is 9.14 Å². The van der Waals surface area contributed by atoms with Gasteiger partial charge in [-0.2, -0.15) is 0 Å². The van der Waals surface area contributed by atoms with Gasteiger partial charge in [0.05, 0.1) is 0 Å². The third kappa shape index (κ3) is 2.94. The monoisotopic (exact) mass is 334 g/mol. The van der Waals surface area contributed by atoms with Crippen molar-refractivity contribution in [1.82, 2.24) is 9.38 Å². The van der Waals surface area contributed by atoms with Crippen LogP contribution in [0.25, 0.3) is 16.8 Å². The highest BCUT2D eigenvalue weighted by Gasteiger charge is 2.13. The fourth-order valence-corrected chi connectivity index (χ4v) is 3.11. The molecule has 24 heavy (non-hydrogen) atoms. The molecule has 4 nitrogen and oxygen atoms in total. The Morgan fingerprint density at radius 2 is 1.88 bits per heavy atom. The summed E-state index contributed by atoms with van der Waals surface area (Å²) in [5, 5.41) is 1.96. The molecule has 0 saturated carbocycles. The molecule has 0 spiro atoms. The lowest BCUT2D eigenvalue weighted by Crippen LogP contribution is -2.04. The molecule has 0 atom stereocenters. The molecule has 3 aromatic heterocycles. The maximum Gasteiger partial charge on any atom is 0.358 e. The number of ether oxygens (including phenoxy) is 1. The molecule has 0 aliphatic rings. The minimum atomic E-state index is -0.409. The molecule has 0 aliphatic heterocycles. The quantitative estimate of drug-likeness (QED) is 0.519. The predicted octanol–water partition coefficient (Wildman–Crippen LogP) is 4.42. The fraction of sp³-hybridized carbons (Fsp3) is 0.0526. The first-order valence-corrected chi connectivity index (χ1v) is 8.41. The van der Waals surface area contributed by atoms with Gasteiger partial charge in [-0.25, -0.2) is 9.78 Å². The van der Waals surface area contributed by atoms with Crippen molar-refractivity contribution in [2.75, 3.05) is 0 Å². The van der Waals surface area contributed by atoms with E-state index in [0.29, 0.717) is 5.69 Å². The summed E-state index contributed by atoms with van der Waals surface area (Å²) in [5.74, 6) is -0.409. The molecule has 0 bridgehead atoms. The largest absolute Gasteiger partial charge is 0.455 e. The first-order valence-electron chi connectivity index (χ1n) is 7.53. The van der Waals surface area contributed by atoms with Gasteiger partial charge in [-0.05, 0) is 34.7 Å². The zero-order valence-electron chi connectivity index (χ0n) is 12.8. The Hall–Kier alpha value is -2.92. The molecule has 0 amide bonds. The van der Waals surface area contributed by atoms with Crippen LogP contribution in [0.4, 0.5) is 0 Å². The molecule has 0 aliphatic carbocycles. The SMILES string of the molecule is O=C(OCc1cccs1)c1cn2cc(-c3ccccc3)ccc2n1. The Labute approximate surface area is 143 Å². The van der Waals surface area contributed by atoms with Crippen molar-refractivity contribution in [2.24, 2.45) is 0 Å². The molecule has 5 heteroatoms. The number of carbonyl (C=O) groups excluding carboxylic acids is 1. The fourth-order valence-electron chi connectivity index (χ4n) is 2.50. The third-order valence-corrected chi connectivity index (χ3v) is 4.54. The Bertz CT molecular complexity index is 975. The molecule has 0 saturated heterocycles. The first kappa shape index (κ1) is 14.7. The summed E-state index contributed by atoms with van der Waals surface area (Å²) in [7, 11) is 0. The van der Waals surface area contributed by atoms with E-state index in [4.69, 9.17) is 4.74 Å². The molecule has 0 radical (unpaired) electrons. The van der Waals surface area contributed by atoms with Gasteiger partial charge in [-0.1, -0.05) is 36.4 Å². The summed E-state index contributed by atoms with van der Waals surface area (Å²) in [6, 6.07) is 17.9. The van der Waals surface area contributed by atoms with E-state index in [1.165, 1.54) is 0 Å². The highest BCUT2D eigenvalue weighted by molar-refractivity contribution is 7.09. The van der Waals surface area contributed by atoms with Crippen LogP contribution in [-0.2, 0) is 11.3 Å². The van der Waals surface area contributed by atoms with Crippen LogP contribution in [-0.4, -0.2) is 15.4 Å². The maximum atomic E-state index is 12.2. The van der Waals surface area contributed by atoms with E-state index in [-0.39, 0.29) is 6.61 Å². The van der Waals surface area contributed by atoms with Crippen LogP contribution in [0.3, 0.4) is 0 Å². The standard InChI is InChI=1S/C19H14N2O2S/c22-19(23-13-16-7-4-10-24-16)17-12-21-11-15(8-9-18(21)20-17)14-5-2-1-3-6-14/h1-12H,13H2. The number of benzene rings is 1. The van der Waals surface area contributed by atoms with Crippen LogP contribution in [0.2, 0.25) is 0 Å². The minimum absolute atomic E-state index is 0.277. The molecule has 0 fully saturated rings.